The van der Waals surface area contributed by atoms with Gasteiger partial charge in [0, 0.05) is 43.2 Å². The van der Waals surface area contributed by atoms with Crippen molar-refractivity contribution >= 4 is 5.82 Å². The largest absolute Gasteiger partial charge is 0.507 e. The number of hydrogen-bond acceptors (Lipinski definition) is 6. The average molecular weight is 423 g/mol. The molecule has 7 nitrogen and oxygen atoms in total. The van der Waals surface area contributed by atoms with Crippen molar-refractivity contribution in [3.05, 3.63) is 49.1 Å². The summed E-state index contributed by atoms with van der Waals surface area (Å²) in [6.07, 6.45) is 8.21. The van der Waals surface area contributed by atoms with Gasteiger partial charge in [-0.3, -0.25) is 4.90 Å². The second-order valence-electron chi connectivity index (χ2n) is 8.62. The van der Waals surface area contributed by atoms with E-state index in [0.29, 0.717) is 23.1 Å². The molecule has 2 aliphatic rings. The van der Waals surface area contributed by atoms with Crippen molar-refractivity contribution in [2.45, 2.75) is 50.0 Å². The number of phenols is 1. The standard InChI is InChI=1S/C23H27FN6O/c1-28-15-4-3-5-19(28)23(24)20(12-15)29(2)22-9-8-18(26-27-22)17-7-6-16(13-21(17)31)30-11-10-25-14-30/h6-11,13-15,19-20,23,31H,3-5,12H2,1-2H3/t15?,19?,20-,23-/m1/s1. The Kier molecular flexibility index (Phi) is 5.09. The molecule has 4 heterocycles. The number of anilines is 1. The molecule has 0 radical (unpaired) electrons. The van der Waals surface area contributed by atoms with Gasteiger partial charge < -0.3 is 14.6 Å². The van der Waals surface area contributed by atoms with E-state index in [1.807, 2.05) is 47.0 Å². The normalized spacial score (nSPS) is 26.0. The Labute approximate surface area is 181 Å². The smallest absolute Gasteiger partial charge is 0.151 e. The minimum absolute atomic E-state index is 0.0156. The maximum Gasteiger partial charge on any atom is 0.151 e. The first-order valence-corrected chi connectivity index (χ1v) is 10.8. The van der Waals surface area contributed by atoms with Crippen molar-refractivity contribution < 1.29 is 9.50 Å². The van der Waals surface area contributed by atoms with Crippen molar-refractivity contribution in [3.63, 3.8) is 0 Å². The molecule has 0 aliphatic carbocycles. The van der Waals surface area contributed by atoms with Gasteiger partial charge in [0.2, 0.25) is 0 Å². The third kappa shape index (κ3) is 3.54. The second kappa shape index (κ2) is 7.92. The highest BCUT2D eigenvalue weighted by Crippen LogP contribution is 2.37. The summed E-state index contributed by atoms with van der Waals surface area (Å²) in [6.45, 7) is 0. The zero-order valence-electron chi connectivity index (χ0n) is 17.8. The highest BCUT2D eigenvalue weighted by atomic mass is 19.1. The Morgan fingerprint density at radius 3 is 2.74 bits per heavy atom. The molecule has 8 heteroatoms. The fraction of sp³-hybridized carbons (Fsp3) is 0.435. The van der Waals surface area contributed by atoms with E-state index in [2.05, 4.69) is 27.1 Å². The quantitative estimate of drug-likeness (QED) is 0.695. The fourth-order valence-electron chi connectivity index (χ4n) is 5.08. The van der Waals surface area contributed by atoms with Crippen LogP contribution in [0.25, 0.3) is 16.9 Å². The van der Waals surface area contributed by atoms with Gasteiger partial charge in [-0.15, -0.1) is 10.2 Å². The predicted octanol–water partition coefficient (Wildman–Crippen LogP) is 3.43. The van der Waals surface area contributed by atoms with Crippen molar-refractivity contribution in [2.24, 2.45) is 0 Å². The van der Waals surface area contributed by atoms with Gasteiger partial charge in [-0.05, 0) is 50.6 Å². The van der Waals surface area contributed by atoms with Crippen molar-refractivity contribution in [2.75, 3.05) is 19.0 Å². The number of alkyl halides is 1. The lowest BCUT2D eigenvalue weighted by atomic mass is 9.80. The van der Waals surface area contributed by atoms with E-state index in [1.54, 1.807) is 18.6 Å². The number of nitrogens with zero attached hydrogens (tertiary/aromatic N) is 6. The molecule has 3 aromatic rings. The van der Waals surface area contributed by atoms with E-state index in [0.717, 1.165) is 31.4 Å². The van der Waals surface area contributed by atoms with Crippen LogP contribution in [0.2, 0.25) is 0 Å². The summed E-state index contributed by atoms with van der Waals surface area (Å²) in [6, 6.07) is 9.27. The molecule has 0 spiro atoms. The second-order valence-corrected chi connectivity index (χ2v) is 8.62. The predicted molar refractivity (Wildman–Crippen MR) is 117 cm³/mol. The Morgan fingerprint density at radius 2 is 2.03 bits per heavy atom. The highest BCUT2D eigenvalue weighted by Gasteiger charge is 2.45. The SMILES string of the molecule is CN1C2CCCC1[C@@H](F)[C@H](N(C)c1ccc(-c3ccc(-n4ccnc4)cc3O)nn1)C2. The first kappa shape index (κ1) is 19.9. The van der Waals surface area contributed by atoms with Crippen molar-refractivity contribution in [1.82, 2.24) is 24.6 Å². The van der Waals surface area contributed by atoms with Crippen LogP contribution in [0.4, 0.5) is 10.2 Å². The van der Waals surface area contributed by atoms with Gasteiger partial charge in [-0.1, -0.05) is 6.42 Å². The van der Waals surface area contributed by atoms with E-state index in [9.17, 15) is 5.11 Å². The van der Waals surface area contributed by atoms with E-state index in [1.165, 1.54) is 0 Å². The van der Waals surface area contributed by atoms with Crippen LogP contribution in [0, 0.1) is 0 Å². The summed E-state index contributed by atoms with van der Waals surface area (Å²) in [4.78, 5) is 8.18. The average Bonchev–Trinajstić information content (AvgIpc) is 3.31. The third-order valence-electron chi connectivity index (χ3n) is 6.95. The van der Waals surface area contributed by atoms with Gasteiger partial charge >= 0.3 is 0 Å². The summed E-state index contributed by atoms with van der Waals surface area (Å²) in [5.74, 6) is 0.766. The molecule has 1 N–H and O–H groups in total. The van der Waals surface area contributed by atoms with Crippen LogP contribution in [0.5, 0.6) is 5.75 Å². The summed E-state index contributed by atoms with van der Waals surface area (Å²) >= 11 is 0. The van der Waals surface area contributed by atoms with Gasteiger partial charge in [0.15, 0.2) is 5.82 Å². The number of benzene rings is 1. The number of imidazole rings is 1. The Hall–Kier alpha value is -3.00. The molecule has 2 saturated heterocycles. The monoisotopic (exact) mass is 422 g/mol. The molecule has 4 atom stereocenters. The van der Waals surface area contributed by atoms with Gasteiger partial charge in [-0.2, -0.15) is 0 Å². The van der Waals surface area contributed by atoms with Crippen molar-refractivity contribution in [1.29, 1.82) is 0 Å². The molecular weight excluding hydrogens is 395 g/mol. The molecule has 2 bridgehead atoms. The number of fused-ring (bicyclic) bond motifs is 2. The molecule has 162 valence electrons. The minimum Gasteiger partial charge on any atom is -0.507 e. The van der Waals surface area contributed by atoms with Crippen molar-refractivity contribution in [3.8, 4) is 22.7 Å². The van der Waals surface area contributed by atoms with Crippen LogP contribution in [0.15, 0.2) is 49.1 Å². The van der Waals surface area contributed by atoms with Gasteiger partial charge in [0.25, 0.3) is 0 Å². The molecule has 31 heavy (non-hydrogen) atoms. The zero-order chi connectivity index (χ0) is 21.5. The van der Waals surface area contributed by atoms with Gasteiger partial charge in [0.1, 0.15) is 11.9 Å². The summed E-state index contributed by atoms with van der Waals surface area (Å²) in [5, 5.41) is 19.2. The Balaban J connectivity index is 1.35. The van der Waals surface area contributed by atoms with Crippen LogP contribution < -0.4 is 4.90 Å². The molecule has 0 saturated carbocycles. The fourth-order valence-corrected chi connectivity index (χ4v) is 5.08. The number of rotatable bonds is 4. The number of halogens is 1. The molecule has 2 aliphatic heterocycles. The molecular formula is C23H27FN6O. The van der Waals surface area contributed by atoms with Crippen LogP contribution >= 0.6 is 0 Å². The van der Waals surface area contributed by atoms with Crippen LogP contribution in [0.3, 0.4) is 0 Å². The number of phenolic OH excluding ortho intramolecular Hbond substituents is 1. The lowest BCUT2D eigenvalue weighted by molar-refractivity contribution is -0.00672. The van der Waals surface area contributed by atoms with Gasteiger partial charge in [0.05, 0.1) is 23.8 Å². The van der Waals surface area contributed by atoms with E-state index >= 15 is 4.39 Å². The summed E-state index contributed by atoms with van der Waals surface area (Å²) in [5.41, 5.74) is 1.98. The lowest BCUT2D eigenvalue weighted by Gasteiger charge is -2.51. The molecule has 5 rings (SSSR count). The highest BCUT2D eigenvalue weighted by molar-refractivity contribution is 5.69. The van der Waals surface area contributed by atoms with Crippen LogP contribution in [0.1, 0.15) is 25.7 Å². The number of piperidine rings is 2. The van der Waals surface area contributed by atoms with E-state index < -0.39 is 6.17 Å². The molecule has 2 unspecified atom stereocenters. The van der Waals surface area contributed by atoms with Crippen LogP contribution in [-0.4, -0.2) is 68.1 Å². The molecule has 2 fully saturated rings. The molecule has 0 amide bonds. The Bertz CT molecular complexity index is 1040. The first-order valence-electron chi connectivity index (χ1n) is 10.8. The van der Waals surface area contributed by atoms with E-state index in [-0.39, 0.29) is 17.8 Å². The van der Waals surface area contributed by atoms with Crippen LogP contribution in [-0.2, 0) is 0 Å². The number of aromatic nitrogens is 4. The molecule has 2 aromatic heterocycles. The lowest BCUT2D eigenvalue weighted by Crippen LogP contribution is -2.62. The topological polar surface area (TPSA) is 70.3 Å². The third-order valence-corrected chi connectivity index (χ3v) is 6.95. The zero-order valence-corrected chi connectivity index (χ0v) is 17.8. The first-order chi connectivity index (χ1) is 15.0. The molecule has 1 aromatic carbocycles. The maximum absolute atomic E-state index is 15.3. The minimum atomic E-state index is -0.909. The summed E-state index contributed by atoms with van der Waals surface area (Å²) in [7, 11) is 3.95. The van der Waals surface area contributed by atoms with E-state index in [4.69, 9.17) is 0 Å². The maximum atomic E-state index is 15.3. The number of aromatic hydroxyl groups is 1. The van der Waals surface area contributed by atoms with Gasteiger partial charge in [-0.25, -0.2) is 9.37 Å². The summed E-state index contributed by atoms with van der Waals surface area (Å²) < 4.78 is 17.1. The number of hydrogen-bond donors (Lipinski definition) is 1. The Morgan fingerprint density at radius 1 is 1.16 bits per heavy atom.